The number of aryl methyl sites for hydroxylation is 2. The number of nitrogens with one attached hydrogen (secondary N) is 1. The number of aromatic nitrogens is 2. The van der Waals surface area contributed by atoms with E-state index in [2.05, 4.69) is 15.2 Å². The number of hydrogen-bond acceptors (Lipinski definition) is 5. The van der Waals surface area contributed by atoms with E-state index in [1.54, 1.807) is 30.7 Å². The average molecular weight is 410 g/mol. The SMILES string of the molecule is CCOc1cc(CN(C)C(C)C(=O)Nc2c(C)nn(C)c2C)ccc1OC(F)F. The van der Waals surface area contributed by atoms with Gasteiger partial charge in [0, 0.05) is 13.6 Å². The Balaban J connectivity index is 2.08. The molecule has 0 spiro atoms. The third-order valence-electron chi connectivity index (χ3n) is 4.75. The zero-order chi connectivity index (χ0) is 21.7. The molecule has 1 heterocycles. The van der Waals surface area contributed by atoms with Crippen molar-refractivity contribution in [1.29, 1.82) is 0 Å². The normalized spacial score (nSPS) is 12.3. The van der Waals surface area contributed by atoms with Crippen molar-refractivity contribution in [3.8, 4) is 11.5 Å². The first-order chi connectivity index (χ1) is 13.6. The smallest absolute Gasteiger partial charge is 0.387 e. The number of carbonyl (C=O) groups is 1. The Bertz CT molecular complexity index is 854. The molecule has 0 bridgehead atoms. The van der Waals surface area contributed by atoms with Gasteiger partial charge in [0.15, 0.2) is 11.5 Å². The van der Waals surface area contributed by atoms with Gasteiger partial charge in [-0.05, 0) is 52.4 Å². The van der Waals surface area contributed by atoms with Crippen LogP contribution < -0.4 is 14.8 Å². The minimum atomic E-state index is -2.93. The lowest BCUT2D eigenvalue weighted by atomic mass is 10.1. The van der Waals surface area contributed by atoms with E-state index in [1.165, 1.54) is 6.07 Å². The molecule has 0 fully saturated rings. The monoisotopic (exact) mass is 410 g/mol. The summed E-state index contributed by atoms with van der Waals surface area (Å²) in [6, 6.07) is 4.35. The molecule has 7 nitrogen and oxygen atoms in total. The van der Waals surface area contributed by atoms with E-state index in [4.69, 9.17) is 4.74 Å². The number of alkyl halides is 2. The molecule has 0 aliphatic heterocycles. The van der Waals surface area contributed by atoms with Crippen LogP contribution >= 0.6 is 0 Å². The second kappa shape index (κ2) is 9.69. The quantitative estimate of drug-likeness (QED) is 0.685. The van der Waals surface area contributed by atoms with Gasteiger partial charge in [0.2, 0.25) is 5.91 Å². The molecule has 1 amide bonds. The van der Waals surface area contributed by atoms with Gasteiger partial charge in [-0.3, -0.25) is 14.4 Å². The summed E-state index contributed by atoms with van der Waals surface area (Å²) in [6.45, 7) is 5.12. The van der Waals surface area contributed by atoms with Gasteiger partial charge in [-0.25, -0.2) is 0 Å². The summed E-state index contributed by atoms with van der Waals surface area (Å²) < 4.78 is 36.7. The van der Waals surface area contributed by atoms with E-state index in [1.807, 2.05) is 32.8 Å². The van der Waals surface area contributed by atoms with Crippen molar-refractivity contribution >= 4 is 11.6 Å². The number of hydrogen-bond donors (Lipinski definition) is 1. The van der Waals surface area contributed by atoms with E-state index < -0.39 is 12.7 Å². The molecule has 0 aliphatic carbocycles. The molecule has 1 N–H and O–H groups in total. The van der Waals surface area contributed by atoms with Crippen LogP contribution in [0.2, 0.25) is 0 Å². The molecular weight excluding hydrogens is 382 g/mol. The van der Waals surface area contributed by atoms with Crippen molar-refractivity contribution in [3.63, 3.8) is 0 Å². The zero-order valence-electron chi connectivity index (χ0n) is 17.6. The molecule has 9 heteroatoms. The third-order valence-corrected chi connectivity index (χ3v) is 4.75. The summed E-state index contributed by atoms with van der Waals surface area (Å²) >= 11 is 0. The lowest BCUT2D eigenvalue weighted by molar-refractivity contribution is -0.120. The average Bonchev–Trinajstić information content (AvgIpc) is 2.89. The highest BCUT2D eigenvalue weighted by Gasteiger charge is 2.21. The van der Waals surface area contributed by atoms with Crippen LogP contribution in [0.15, 0.2) is 18.2 Å². The predicted octanol–water partition coefficient (Wildman–Crippen LogP) is 3.50. The summed E-state index contributed by atoms with van der Waals surface area (Å²) in [7, 11) is 3.64. The van der Waals surface area contributed by atoms with Crippen LogP contribution in [-0.2, 0) is 18.4 Å². The maximum Gasteiger partial charge on any atom is 0.387 e. The van der Waals surface area contributed by atoms with Crippen molar-refractivity contribution in [2.75, 3.05) is 19.0 Å². The van der Waals surface area contributed by atoms with E-state index in [-0.39, 0.29) is 17.4 Å². The van der Waals surface area contributed by atoms with Gasteiger partial charge < -0.3 is 14.8 Å². The molecular formula is C20H28F2N4O3. The fourth-order valence-electron chi connectivity index (χ4n) is 2.92. The number of benzene rings is 1. The van der Waals surface area contributed by atoms with Crippen molar-refractivity contribution < 1.29 is 23.0 Å². The first kappa shape index (κ1) is 22.6. The Morgan fingerprint density at radius 1 is 1.31 bits per heavy atom. The Kier molecular flexibility index (Phi) is 7.55. The molecule has 0 saturated heterocycles. The highest BCUT2D eigenvalue weighted by molar-refractivity contribution is 5.95. The van der Waals surface area contributed by atoms with Crippen molar-refractivity contribution in [2.24, 2.45) is 7.05 Å². The number of carbonyl (C=O) groups excluding carboxylic acids is 1. The van der Waals surface area contributed by atoms with Crippen LogP contribution in [0.1, 0.15) is 30.8 Å². The third kappa shape index (κ3) is 5.66. The fraction of sp³-hybridized carbons (Fsp3) is 0.500. The number of ether oxygens (including phenoxy) is 2. The van der Waals surface area contributed by atoms with E-state index in [0.29, 0.717) is 18.8 Å². The number of halogens is 2. The van der Waals surface area contributed by atoms with Gasteiger partial charge in [0.1, 0.15) is 0 Å². The molecule has 1 aromatic carbocycles. The van der Waals surface area contributed by atoms with Crippen LogP contribution in [0.3, 0.4) is 0 Å². The van der Waals surface area contributed by atoms with Crippen LogP contribution in [0.4, 0.5) is 14.5 Å². The van der Waals surface area contributed by atoms with Crippen molar-refractivity contribution in [2.45, 2.75) is 46.9 Å². The topological polar surface area (TPSA) is 68.6 Å². The van der Waals surface area contributed by atoms with Gasteiger partial charge >= 0.3 is 6.61 Å². The molecule has 1 atom stereocenters. The number of amides is 1. The second-order valence-corrected chi connectivity index (χ2v) is 6.84. The molecule has 1 unspecified atom stereocenters. The number of likely N-dealkylation sites (N-methyl/N-ethyl adjacent to an activating group) is 1. The maximum absolute atomic E-state index is 12.7. The lowest BCUT2D eigenvalue weighted by Crippen LogP contribution is -2.39. The molecule has 2 aromatic rings. The minimum Gasteiger partial charge on any atom is -0.490 e. The van der Waals surface area contributed by atoms with Gasteiger partial charge in [-0.15, -0.1) is 0 Å². The molecule has 0 radical (unpaired) electrons. The maximum atomic E-state index is 12.7. The summed E-state index contributed by atoms with van der Waals surface area (Å²) in [5.41, 5.74) is 3.15. The van der Waals surface area contributed by atoms with Gasteiger partial charge in [-0.1, -0.05) is 6.07 Å². The van der Waals surface area contributed by atoms with E-state index in [9.17, 15) is 13.6 Å². The Hall–Kier alpha value is -2.68. The number of anilines is 1. The minimum absolute atomic E-state index is 0.0124. The Labute approximate surface area is 169 Å². The summed E-state index contributed by atoms with van der Waals surface area (Å²) in [6.07, 6.45) is 0. The lowest BCUT2D eigenvalue weighted by Gasteiger charge is -2.24. The van der Waals surface area contributed by atoms with Gasteiger partial charge in [-0.2, -0.15) is 13.9 Å². The highest BCUT2D eigenvalue weighted by atomic mass is 19.3. The molecule has 160 valence electrons. The molecule has 2 rings (SSSR count). The molecule has 0 aliphatic rings. The van der Waals surface area contributed by atoms with Gasteiger partial charge in [0.05, 0.1) is 29.7 Å². The van der Waals surface area contributed by atoms with E-state index in [0.717, 1.165) is 17.0 Å². The summed E-state index contributed by atoms with van der Waals surface area (Å²) in [5, 5.41) is 7.24. The van der Waals surface area contributed by atoms with Crippen LogP contribution in [0.25, 0.3) is 0 Å². The first-order valence-electron chi connectivity index (χ1n) is 9.35. The first-order valence-corrected chi connectivity index (χ1v) is 9.35. The van der Waals surface area contributed by atoms with Crippen molar-refractivity contribution in [3.05, 3.63) is 35.2 Å². The second-order valence-electron chi connectivity index (χ2n) is 6.84. The largest absolute Gasteiger partial charge is 0.490 e. The van der Waals surface area contributed by atoms with Gasteiger partial charge in [0.25, 0.3) is 0 Å². The van der Waals surface area contributed by atoms with Crippen LogP contribution in [-0.4, -0.2) is 46.9 Å². The Morgan fingerprint density at radius 2 is 2.00 bits per heavy atom. The van der Waals surface area contributed by atoms with Crippen molar-refractivity contribution in [1.82, 2.24) is 14.7 Å². The predicted molar refractivity (Wildman–Crippen MR) is 106 cm³/mol. The molecule has 1 aromatic heterocycles. The Morgan fingerprint density at radius 3 is 2.55 bits per heavy atom. The summed E-state index contributed by atoms with van der Waals surface area (Å²) in [5.74, 6) is 0.0772. The standard InChI is InChI=1S/C20H28F2N4O3/c1-7-28-17-10-15(8-9-16(17)29-20(21)22)11-25(5)14(4)19(27)23-18-12(2)24-26(6)13(18)3/h8-10,14,20H,7,11H2,1-6H3,(H,23,27). The number of nitrogens with zero attached hydrogens (tertiary/aromatic N) is 3. The molecule has 0 saturated carbocycles. The molecule has 29 heavy (non-hydrogen) atoms. The zero-order valence-corrected chi connectivity index (χ0v) is 17.6. The van der Waals surface area contributed by atoms with Crippen LogP contribution in [0, 0.1) is 13.8 Å². The van der Waals surface area contributed by atoms with E-state index >= 15 is 0 Å². The summed E-state index contributed by atoms with van der Waals surface area (Å²) in [4.78, 5) is 14.5. The fourth-order valence-corrected chi connectivity index (χ4v) is 2.92. The highest BCUT2D eigenvalue weighted by Crippen LogP contribution is 2.30. The van der Waals surface area contributed by atoms with Crippen LogP contribution in [0.5, 0.6) is 11.5 Å². The number of rotatable bonds is 9.